The standard InChI is InChI=1S/C33H36N6O7S/c1-16(2)33(47-5)29(45)38-21(23(41)37(33)4)14-30(17-10-6-8-12-19(17)34-26(30)38)31-18-11-7-9-13-20(18)35-27(31)39-24(42)22(15-40)36(3)28(44)32(39,46)25(31)43/h6-14,16,22,25-27,34-35,40,43,46H,15H2,1-5H3. The highest BCUT2D eigenvalue weighted by atomic mass is 32.2. The third kappa shape index (κ3) is 2.93. The smallest absolute Gasteiger partial charge is 0.279 e. The SMILES string of the molecule is CSC1(C(C)C)C(=O)N2C(=CC3(C45c6ccccc6NC4N4C(=O)C(CO)N(C)C(=O)C4(O)C5O)c4ccccc4NC23)C(=O)N1C. The van der Waals surface area contributed by atoms with Crippen LogP contribution < -0.4 is 10.6 Å². The molecule has 2 aromatic carbocycles. The fourth-order valence-corrected chi connectivity index (χ4v) is 10.7. The van der Waals surface area contributed by atoms with Crippen LogP contribution >= 0.6 is 11.8 Å². The molecular formula is C33H36N6O7S. The molecule has 6 aliphatic rings. The van der Waals surface area contributed by atoms with Crippen molar-refractivity contribution < 1.29 is 34.5 Å². The van der Waals surface area contributed by atoms with E-state index in [2.05, 4.69) is 10.6 Å². The van der Waals surface area contributed by atoms with Crippen molar-refractivity contribution in [3.8, 4) is 0 Å². The first kappa shape index (κ1) is 30.2. The Labute approximate surface area is 275 Å². The number of hydrogen-bond acceptors (Lipinski definition) is 10. The highest BCUT2D eigenvalue weighted by Gasteiger charge is 2.85. The summed E-state index contributed by atoms with van der Waals surface area (Å²) in [7, 11) is 2.91. The van der Waals surface area contributed by atoms with Crippen LogP contribution in [0.2, 0.25) is 0 Å². The zero-order valence-corrected chi connectivity index (χ0v) is 27.3. The number of rotatable bonds is 4. The number of piperazine rings is 2. The maximum atomic E-state index is 14.9. The number of carbonyl (C=O) groups excluding carboxylic acids is 4. The zero-order valence-electron chi connectivity index (χ0n) is 26.5. The number of nitrogens with zero attached hydrogens (tertiary/aromatic N) is 4. The molecule has 0 bridgehead atoms. The van der Waals surface area contributed by atoms with Crippen molar-refractivity contribution >= 4 is 46.8 Å². The zero-order chi connectivity index (χ0) is 33.6. The lowest BCUT2D eigenvalue weighted by atomic mass is 9.54. The van der Waals surface area contributed by atoms with Crippen molar-refractivity contribution in [2.24, 2.45) is 5.92 Å². The maximum Gasteiger partial charge on any atom is 0.279 e. The molecule has 14 heteroatoms. The van der Waals surface area contributed by atoms with Gasteiger partial charge in [-0.2, -0.15) is 0 Å². The Morgan fingerprint density at radius 3 is 2.13 bits per heavy atom. The van der Waals surface area contributed by atoms with Gasteiger partial charge in [0.05, 0.1) is 17.4 Å². The summed E-state index contributed by atoms with van der Waals surface area (Å²) in [5.74, 6) is -2.73. The number of aliphatic hydroxyl groups is 3. The van der Waals surface area contributed by atoms with Gasteiger partial charge in [-0.1, -0.05) is 50.2 Å². The first-order valence-electron chi connectivity index (χ1n) is 15.6. The lowest BCUT2D eigenvalue weighted by Crippen LogP contribution is -2.73. The number of hydrogen-bond donors (Lipinski definition) is 5. The molecule has 0 spiro atoms. The van der Waals surface area contributed by atoms with Crippen molar-refractivity contribution in [3.05, 3.63) is 71.4 Å². The molecule has 5 N–H and O–H groups in total. The van der Waals surface area contributed by atoms with E-state index in [1.54, 1.807) is 43.6 Å². The molecule has 0 aliphatic carbocycles. The summed E-state index contributed by atoms with van der Waals surface area (Å²) in [5, 5.41) is 42.4. The highest BCUT2D eigenvalue weighted by Crippen LogP contribution is 2.69. The van der Waals surface area contributed by atoms with Gasteiger partial charge < -0.3 is 35.8 Å². The van der Waals surface area contributed by atoms with Crippen molar-refractivity contribution in [1.29, 1.82) is 0 Å². The average Bonchev–Trinajstić information content (AvgIpc) is 3.73. The van der Waals surface area contributed by atoms with E-state index in [0.717, 1.165) is 9.80 Å². The molecule has 246 valence electrons. The van der Waals surface area contributed by atoms with Crippen LogP contribution in [0.25, 0.3) is 0 Å². The average molecular weight is 661 g/mol. The molecule has 8 unspecified atom stereocenters. The number of fused-ring (bicyclic) bond motifs is 11. The van der Waals surface area contributed by atoms with Gasteiger partial charge in [-0.05, 0) is 41.5 Å². The summed E-state index contributed by atoms with van der Waals surface area (Å²) in [6, 6.07) is 13.1. The Balaban J connectivity index is 1.48. The molecule has 0 aromatic heterocycles. The Hall–Kier alpha value is -4.11. The topological polar surface area (TPSA) is 166 Å². The van der Waals surface area contributed by atoms with E-state index in [1.165, 1.54) is 28.6 Å². The van der Waals surface area contributed by atoms with Crippen molar-refractivity contribution in [3.63, 3.8) is 0 Å². The Bertz CT molecular complexity index is 1840. The van der Waals surface area contributed by atoms with Crippen LogP contribution in [-0.4, -0.2) is 121 Å². The van der Waals surface area contributed by atoms with Gasteiger partial charge >= 0.3 is 0 Å². The maximum absolute atomic E-state index is 14.9. The lowest BCUT2D eigenvalue weighted by molar-refractivity contribution is -0.209. The third-order valence-corrected chi connectivity index (χ3v) is 13.2. The molecule has 0 radical (unpaired) electrons. The molecule has 3 saturated heterocycles. The fraction of sp³-hybridized carbons (Fsp3) is 0.455. The summed E-state index contributed by atoms with van der Waals surface area (Å²) < 4.78 is 0. The van der Waals surface area contributed by atoms with E-state index in [9.17, 15) is 34.5 Å². The van der Waals surface area contributed by atoms with E-state index in [1.807, 2.05) is 38.1 Å². The van der Waals surface area contributed by atoms with E-state index in [0.29, 0.717) is 22.5 Å². The second kappa shape index (κ2) is 9.28. The molecule has 8 atom stereocenters. The number of thioether (sulfide) groups is 1. The van der Waals surface area contributed by atoms with Gasteiger partial charge in [0, 0.05) is 25.5 Å². The first-order valence-corrected chi connectivity index (χ1v) is 16.8. The number of carbonyl (C=O) groups is 4. The summed E-state index contributed by atoms with van der Waals surface area (Å²) >= 11 is 1.28. The fourth-order valence-electron chi connectivity index (χ4n) is 9.63. The van der Waals surface area contributed by atoms with E-state index in [-0.39, 0.29) is 17.5 Å². The number of nitrogens with one attached hydrogen (secondary N) is 2. The summed E-state index contributed by atoms with van der Waals surface area (Å²) in [6.45, 7) is 3.07. The molecule has 4 amide bonds. The van der Waals surface area contributed by atoms with Gasteiger partial charge in [-0.3, -0.25) is 29.0 Å². The lowest BCUT2D eigenvalue weighted by Gasteiger charge is -2.52. The largest absolute Gasteiger partial charge is 0.394 e. The second-order valence-electron chi connectivity index (χ2n) is 13.5. The molecule has 2 aromatic rings. The first-order chi connectivity index (χ1) is 22.3. The Kier molecular flexibility index (Phi) is 5.97. The van der Waals surface area contributed by atoms with Crippen LogP contribution in [0, 0.1) is 5.92 Å². The molecular weight excluding hydrogens is 624 g/mol. The number of likely N-dealkylation sites (N-methyl/N-ethyl adjacent to an activating group) is 2. The summed E-state index contributed by atoms with van der Waals surface area (Å²) in [5.41, 5.74) is -3.62. The van der Waals surface area contributed by atoms with Crippen LogP contribution in [0.4, 0.5) is 11.4 Å². The van der Waals surface area contributed by atoms with Gasteiger partial charge in [0.1, 0.15) is 30.2 Å². The van der Waals surface area contributed by atoms with E-state index in [4.69, 9.17) is 0 Å². The number of aliphatic hydroxyl groups excluding tert-OH is 2. The number of anilines is 2. The molecule has 3 fully saturated rings. The number of para-hydroxylation sites is 2. The Morgan fingerprint density at radius 2 is 1.51 bits per heavy atom. The van der Waals surface area contributed by atoms with Gasteiger partial charge in [0.25, 0.3) is 29.4 Å². The molecule has 13 nitrogen and oxygen atoms in total. The normalized spacial score (nSPS) is 38.1. The number of benzene rings is 2. The summed E-state index contributed by atoms with van der Waals surface area (Å²) in [6.07, 6.45) is -0.728. The monoisotopic (exact) mass is 660 g/mol. The molecule has 6 heterocycles. The molecule has 0 saturated carbocycles. The minimum Gasteiger partial charge on any atom is -0.394 e. The highest BCUT2D eigenvalue weighted by molar-refractivity contribution is 8.00. The minimum atomic E-state index is -2.76. The van der Waals surface area contributed by atoms with Gasteiger partial charge in [-0.15, -0.1) is 11.8 Å². The second-order valence-corrected chi connectivity index (χ2v) is 14.5. The predicted molar refractivity (Wildman–Crippen MR) is 171 cm³/mol. The minimum absolute atomic E-state index is 0.0967. The van der Waals surface area contributed by atoms with Crippen molar-refractivity contribution in [2.45, 2.75) is 59.8 Å². The molecule has 8 rings (SSSR count). The van der Waals surface area contributed by atoms with E-state index >= 15 is 0 Å². The third-order valence-electron chi connectivity index (χ3n) is 11.6. The quantitative estimate of drug-likeness (QED) is 0.302. The molecule has 6 aliphatic heterocycles. The van der Waals surface area contributed by atoms with Gasteiger partial charge in [-0.25, -0.2) is 0 Å². The van der Waals surface area contributed by atoms with Gasteiger partial charge in [0.2, 0.25) is 0 Å². The van der Waals surface area contributed by atoms with Crippen LogP contribution in [-0.2, 0) is 30.0 Å². The predicted octanol–water partition coefficient (Wildman–Crippen LogP) is 0.00360. The Morgan fingerprint density at radius 1 is 0.915 bits per heavy atom. The van der Waals surface area contributed by atoms with E-state index < -0.39 is 70.2 Å². The number of amides is 4. The van der Waals surface area contributed by atoms with Crippen LogP contribution in [0.3, 0.4) is 0 Å². The van der Waals surface area contributed by atoms with Crippen LogP contribution in [0.15, 0.2) is 60.3 Å². The van der Waals surface area contributed by atoms with Gasteiger partial charge in [0.15, 0.2) is 4.87 Å². The van der Waals surface area contributed by atoms with Crippen molar-refractivity contribution in [1.82, 2.24) is 19.6 Å². The van der Waals surface area contributed by atoms with Crippen LogP contribution in [0.5, 0.6) is 0 Å². The summed E-state index contributed by atoms with van der Waals surface area (Å²) in [4.78, 5) is 61.3. The van der Waals surface area contributed by atoms with Crippen molar-refractivity contribution in [2.75, 3.05) is 37.6 Å². The molecule has 47 heavy (non-hydrogen) atoms. The van der Waals surface area contributed by atoms with Crippen LogP contribution in [0.1, 0.15) is 25.0 Å².